The number of aromatic nitrogens is 1. The van der Waals surface area contributed by atoms with Crippen LogP contribution in [-0.2, 0) is 30.4 Å². The number of aliphatic hydroxyl groups is 1. The Morgan fingerprint density at radius 3 is 2.18 bits per heavy atom. The molecule has 1 aromatic heterocycles. The van der Waals surface area contributed by atoms with Crippen LogP contribution >= 0.6 is 0 Å². The predicted molar refractivity (Wildman–Crippen MR) is 142 cm³/mol. The lowest BCUT2D eigenvalue weighted by molar-refractivity contribution is -0.142. The number of primary amides is 1. The van der Waals surface area contributed by atoms with Gasteiger partial charge in [0.05, 0.1) is 12.6 Å². The molecule has 14 nitrogen and oxygen atoms in total. The van der Waals surface area contributed by atoms with Gasteiger partial charge >= 0.3 is 5.97 Å². The highest BCUT2D eigenvalue weighted by molar-refractivity contribution is 5.94. The molecule has 0 saturated heterocycles. The fourth-order valence-electron chi connectivity index (χ4n) is 3.93. The Kier molecular flexibility index (Phi) is 12.3. The number of nitrogens with two attached hydrogens (primary N) is 3. The number of carbonyl (C=O) groups is 5. The number of fused-ring (bicyclic) bond motifs is 1. The first-order chi connectivity index (χ1) is 18.6. The van der Waals surface area contributed by atoms with Crippen molar-refractivity contribution in [1.29, 1.82) is 0 Å². The Bertz CT molecular complexity index is 1150. The van der Waals surface area contributed by atoms with Crippen molar-refractivity contribution in [2.24, 2.45) is 17.2 Å². The highest BCUT2D eigenvalue weighted by Gasteiger charge is 2.30. The summed E-state index contributed by atoms with van der Waals surface area (Å²) in [5, 5.41) is 27.5. The number of unbranched alkanes of at least 4 members (excludes halogenated alkanes) is 1. The summed E-state index contributed by atoms with van der Waals surface area (Å²) in [5.74, 6) is -4.31. The lowest BCUT2D eigenvalue weighted by Crippen LogP contribution is -2.58. The maximum Gasteiger partial charge on any atom is 0.326 e. The molecule has 39 heavy (non-hydrogen) atoms. The Morgan fingerprint density at radius 1 is 0.897 bits per heavy atom. The van der Waals surface area contributed by atoms with E-state index in [1.807, 2.05) is 18.2 Å². The lowest BCUT2D eigenvalue weighted by atomic mass is 10.0. The number of carboxylic acids is 1. The summed E-state index contributed by atoms with van der Waals surface area (Å²) in [4.78, 5) is 64.2. The second-order valence-corrected chi connectivity index (χ2v) is 9.16. The van der Waals surface area contributed by atoms with Crippen LogP contribution < -0.4 is 33.2 Å². The van der Waals surface area contributed by atoms with E-state index in [1.54, 1.807) is 12.3 Å². The molecule has 14 heteroatoms. The number of hydrogen-bond donors (Lipinski definition) is 9. The summed E-state index contributed by atoms with van der Waals surface area (Å²) >= 11 is 0. The maximum absolute atomic E-state index is 13.0. The van der Waals surface area contributed by atoms with Crippen LogP contribution in [0.4, 0.5) is 0 Å². The van der Waals surface area contributed by atoms with Crippen molar-refractivity contribution in [3.8, 4) is 0 Å². The number of nitrogens with one attached hydrogen (secondary N) is 4. The number of para-hydroxylation sites is 1. The number of aromatic amines is 1. The molecule has 0 fully saturated rings. The van der Waals surface area contributed by atoms with E-state index in [0.29, 0.717) is 24.9 Å². The number of benzene rings is 1. The van der Waals surface area contributed by atoms with Gasteiger partial charge in [-0.25, -0.2) is 4.79 Å². The quantitative estimate of drug-likeness (QED) is 0.0987. The summed E-state index contributed by atoms with van der Waals surface area (Å²) < 4.78 is 0. The van der Waals surface area contributed by atoms with Crippen LogP contribution in [0.1, 0.15) is 37.7 Å². The molecule has 1 aromatic carbocycles. The van der Waals surface area contributed by atoms with Crippen LogP contribution in [0.5, 0.6) is 0 Å². The molecule has 214 valence electrons. The Morgan fingerprint density at radius 2 is 1.54 bits per heavy atom. The first kappa shape index (κ1) is 31.2. The number of aliphatic carboxylic acids is 1. The Hall–Kier alpha value is -4.01. The smallest absolute Gasteiger partial charge is 0.326 e. The van der Waals surface area contributed by atoms with Gasteiger partial charge in [-0.2, -0.15) is 0 Å². The normalized spacial score (nSPS) is 14.1. The van der Waals surface area contributed by atoms with Crippen molar-refractivity contribution in [2.45, 2.75) is 62.7 Å². The monoisotopic (exact) mass is 547 g/mol. The van der Waals surface area contributed by atoms with Gasteiger partial charge in [-0.15, -0.1) is 0 Å². The second-order valence-electron chi connectivity index (χ2n) is 9.16. The summed E-state index contributed by atoms with van der Waals surface area (Å²) in [6.45, 7) is -0.465. The lowest BCUT2D eigenvalue weighted by Gasteiger charge is -2.24. The van der Waals surface area contributed by atoms with Gasteiger partial charge in [0.2, 0.25) is 23.6 Å². The molecule has 0 radical (unpaired) electrons. The van der Waals surface area contributed by atoms with Gasteiger partial charge < -0.3 is 48.3 Å². The fraction of sp³-hybridized carbons (Fsp3) is 0.480. The molecule has 12 N–H and O–H groups in total. The number of aliphatic hydroxyl groups excluding tert-OH is 1. The second kappa shape index (κ2) is 15.4. The summed E-state index contributed by atoms with van der Waals surface area (Å²) in [6.07, 6.45) is 2.66. The fourth-order valence-corrected chi connectivity index (χ4v) is 3.93. The van der Waals surface area contributed by atoms with E-state index in [9.17, 15) is 34.2 Å². The van der Waals surface area contributed by atoms with Crippen molar-refractivity contribution in [1.82, 2.24) is 20.9 Å². The van der Waals surface area contributed by atoms with E-state index >= 15 is 0 Å². The third-order valence-electron chi connectivity index (χ3n) is 6.15. The van der Waals surface area contributed by atoms with Crippen LogP contribution in [0.15, 0.2) is 30.5 Å². The zero-order chi connectivity index (χ0) is 28.9. The topological polar surface area (TPSA) is 256 Å². The molecule has 0 spiro atoms. The summed E-state index contributed by atoms with van der Waals surface area (Å²) in [7, 11) is 0. The van der Waals surface area contributed by atoms with Gasteiger partial charge in [0.25, 0.3) is 0 Å². The summed E-state index contributed by atoms with van der Waals surface area (Å²) in [6, 6.07) is 2.24. The van der Waals surface area contributed by atoms with Gasteiger partial charge in [-0.3, -0.25) is 19.2 Å². The zero-order valence-electron chi connectivity index (χ0n) is 21.5. The van der Waals surface area contributed by atoms with Crippen LogP contribution in [0.3, 0.4) is 0 Å². The first-order valence-electron chi connectivity index (χ1n) is 12.6. The van der Waals surface area contributed by atoms with Gasteiger partial charge in [0.15, 0.2) is 0 Å². The average Bonchev–Trinajstić information content (AvgIpc) is 3.31. The maximum atomic E-state index is 13.0. The molecule has 0 bridgehead atoms. The molecule has 2 aromatic rings. The number of amides is 4. The van der Waals surface area contributed by atoms with Gasteiger partial charge in [-0.05, 0) is 43.9 Å². The minimum Gasteiger partial charge on any atom is -0.480 e. The number of rotatable bonds is 17. The molecule has 2 rings (SSSR count). The molecule has 1 heterocycles. The minimum atomic E-state index is -1.49. The van der Waals surface area contributed by atoms with E-state index in [2.05, 4.69) is 20.9 Å². The van der Waals surface area contributed by atoms with Crippen LogP contribution in [-0.4, -0.2) is 82.1 Å². The molecule has 4 amide bonds. The van der Waals surface area contributed by atoms with E-state index in [0.717, 1.165) is 10.9 Å². The zero-order valence-corrected chi connectivity index (χ0v) is 21.5. The van der Waals surface area contributed by atoms with Gasteiger partial charge in [-0.1, -0.05) is 18.2 Å². The number of H-pyrrole nitrogens is 1. The van der Waals surface area contributed by atoms with Crippen molar-refractivity contribution < 1.29 is 34.2 Å². The minimum absolute atomic E-state index is 0.0209. The first-order valence-corrected chi connectivity index (χ1v) is 12.6. The van der Waals surface area contributed by atoms with Crippen LogP contribution in [0.2, 0.25) is 0 Å². The highest BCUT2D eigenvalue weighted by atomic mass is 16.4. The standard InChI is InChI=1S/C25H37N7O7/c26-10-4-3-7-18(30-22(35)16(27)8-9-21(28)34)23(36)32-20(13-33)24(37)31-19(25(38)39)11-14-12-29-17-6-2-1-5-15(14)17/h1-2,5-6,12,16,18-20,29,33H,3-4,7-11,13,26-27H2,(H2,28,34)(H,30,35)(H,31,37)(H,32,36)(H,38,39). The van der Waals surface area contributed by atoms with Crippen LogP contribution in [0.25, 0.3) is 10.9 Å². The van der Waals surface area contributed by atoms with E-state index in [1.165, 1.54) is 0 Å². The summed E-state index contributed by atoms with van der Waals surface area (Å²) in [5.41, 5.74) is 17.9. The van der Waals surface area contributed by atoms with Gasteiger partial charge in [0, 0.05) is 29.9 Å². The molecule has 0 aliphatic rings. The third-order valence-corrected chi connectivity index (χ3v) is 6.15. The van der Waals surface area contributed by atoms with E-state index in [-0.39, 0.29) is 25.7 Å². The molecular weight excluding hydrogens is 510 g/mol. The van der Waals surface area contributed by atoms with Crippen molar-refractivity contribution in [2.75, 3.05) is 13.2 Å². The number of carbonyl (C=O) groups excluding carboxylic acids is 4. The van der Waals surface area contributed by atoms with Crippen LogP contribution in [0, 0.1) is 0 Å². The molecule has 0 saturated carbocycles. The molecule has 0 aliphatic carbocycles. The van der Waals surface area contributed by atoms with Crippen molar-refractivity contribution >= 4 is 40.5 Å². The largest absolute Gasteiger partial charge is 0.480 e. The SMILES string of the molecule is NCCCCC(NC(=O)C(N)CCC(N)=O)C(=O)NC(CO)C(=O)NC(Cc1c[nH]c2ccccc12)C(=O)O. The Balaban J connectivity index is 2.07. The molecule has 0 aliphatic heterocycles. The molecular formula is C25H37N7O7. The molecule has 4 atom stereocenters. The number of carboxylic acid groups (broad SMARTS) is 1. The van der Waals surface area contributed by atoms with Gasteiger partial charge in [0.1, 0.15) is 18.1 Å². The average molecular weight is 548 g/mol. The number of hydrogen-bond acceptors (Lipinski definition) is 8. The van der Waals surface area contributed by atoms with Crippen molar-refractivity contribution in [3.63, 3.8) is 0 Å². The Labute approximate surface area is 225 Å². The highest BCUT2D eigenvalue weighted by Crippen LogP contribution is 2.19. The van der Waals surface area contributed by atoms with Crippen molar-refractivity contribution in [3.05, 3.63) is 36.0 Å². The predicted octanol–water partition coefficient (Wildman–Crippen LogP) is -2.04. The van der Waals surface area contributed by atoms with E-state index < -0.39 is 60.4 Å². The van der Waals surface area contributed by atoms with E-state index in [4.69, 9.17) is 17.2 Å². The molecule has 4 unspecified atom stereocenters. The third kappa shape index (κ3) is 9.67.